The van der Waals surface area contributed by atoms with E-state index in [1.807, 2.05) is 0 Å². The Balaban J connectivity index is 0.889. The van der Waals surface area contributed by atoms with E-state index in [2.05, 4.69) is 145 Å². The van der Waals surface area contributed by atoms with Crippen LogP contribution in [0.15, 0.2) is 184 Å². The van der Waals surface area contributed by atoms with Gasteiger partial charge >= 0.3 is 0 Å². The van der Waals surface area contributed by atoms with Gasteiger partial charge in [-0.25, -0.2) is 0 Å². The van der Waals surface area contributed by atoms with E-state index in [0.29, 0.717) is 23.8 Å². The zero-order chi connectivity index (χ0) is 37.0. The average Bonchev–Trinajstić information content (AvgIpc) is 3.65. The predicted octanol–water partition coefficient (Wildman–Crippen LogP) is 13.4. The molecule has 9 aliphatic rings. The smallest absolute Gasteiger partial charge is 0.0867 e. The van der Waals surface area contributed by atoms with E-state index in [-0.39, 0.29) is 12.2 Å². The van der Waals surface area contributed by atoms with Crippen LogP contribution in [-0.4, -0.2) is 18.2 Å². The van der Waals surface area contributed by atoms with E-state index < -0.39 is 0 Å². The van der Waals surface area contributed by atoms with Crippen LogP contribution in [0.5, 0.6) is 0 Å². The highest BCUT2D eigenvalue weighted by molar-refractivity contribution is 5.91. The van der Waals surface area contributed by atoms with Crippen LogP contribution in [0.2, 0.25) is 0 Å². The first-order valence-electron chi connectivity index (χ1n) is 21.7. The lowest BCUT2D eigenvalue weighted by atomic mass is 9.74. The molecule has 2 nitrogen and oxygen atoms in total. The second-order valence-electron chi connectivity index (χ2n) is 17.3. The van der Waals surface area contributed by atoms with Crippen molar-refractivity contribution in [1.29, 1.82) is 0 Å². The van der Waals surface area contributed by atoms with Gasteiger partial charge in [0.1, 0.15) is 0 Å². The van der Waals surface area contributed by atoms with Crippen LogP contribution in [0.25, 0.3) is 16.3 Å². The molecule has 6 atom stereocenters. The number of hydrogen-bond acceptors (Lipinski definition) is 2. The van der Waals surface area contributed by atoms with Crippen LogP contribution in [0.1, 0.15) is 82.6 Å². The molecule has 56 heavy (non-hydrogen) atoms. The summed E-state index contributed by atoms with van der Waals surface area (Å²) in [4.78, 5) is 2.72. The number of rotatable bonds is 6. The molecule has 11 rings (SSSR count). The van der Waals surface area contributed by atoms with Gasteiger partial charge in [0, 0.05) is 23.2 Å². The summed E-state index contributed by atoms with van der Waals surface area (Å²) in [5.74, 6) is 1.46. The zero-order valence-electron chi connectivity index (χ0n) is 32.6. The maximum absolute atomic E-state index is 6.82. The van der Waals surface area contributed by atoms with Crippen molar-refractivity contribution in [3.8, 4) is 0 Å². The van der Waals surface area contributed by atoms with Gasteiger partial charge in [-0.05, 0) is 162 Å². The number of benzene rings is 2. The Morgan fingerprint density at radius 3 is 2.52 bits per heavy atom. The number of hydrogen-bond donors (Lipinski definition) is 0. The van der Waals surface area contributed by atoms with E-state index in [9.17, 15) is 0 Å². The van der Waals surface area contributed by atoms with Gasteiger partial charge in [-0.2, -0.15) is 0 Å². The summed E-state index contributed by atoms with van der Waals surface area (Å²) in [5, 5.41) is 2.62. The summed E-state index contributed by atoms with van der Waals surface area (Å²) in [5.41, 5.74) is 16.0. The minimum absolute atomic E-state index is 0.173. The third-order valence-corrected chi connectivity index (χ3v) is 14.1. The highest BCUT2D eigenvalue weighted by atomic mass is 16.5. The van der Waals surface area contributed by atoms with Crippen LogP contribution in [0.4, 0.5) is 5.69 Å². The monoisotopic (exact) mass is 731 g/mol. The van der Waals surface area contributed by atoms with Crippen LogP contribution in [0, 0.1) is 17.8 Å². The van der Waals surface area contributed by atoms with Gasteiger partial charge < -0.3 is 9.64 Å². The standard InChI is InChI=1S/C54H53NO/c1-2-11-38(12-3-1)49-20-10-21-50-51-35-43(28-32-53(51)56-54(49)50)40-23-24-42-34-45(31-27-41(42)33-40)55(52-22-9-16-37-14-5-7-18-48(37)52)44-29-25-39(26-30-44)47-19-8-15-36-13-4-6-17-46(36)47/h1-2,5-6,8,11,14-17,20,23-29,31-35,44,47,50-51,53-54H,3-4,7,9-10,12-13,18-19,21-22,30H2. The predicted molar refractivity (Wildman–Crippen MR) is 234 cm³/mol. The maximum atomic E-state index is 6.82. The highest BCUT2D eigenvalue weighted by Gasteiger charge is 2.46. The van der Waals surface area contributed by atoms with Gasteiger partial charge in [-0.3, -0.25) is 0 Å². The minimum atomic E-state index is 0.173. The number of allylic oxidation sites excluding steroid dienone is 20. The van der Waals surface area contributed by atoms with Crippen molar-refractivity contribution >= 4 is 22.0 Å². The first-order chi connectivity index (χ1) is 27.7. The third kappa shape index (κ3) is 6.13. The van der Waals surface area contributed by atoms with E-state index in [1.165, 1.54) is 74.8 Å². The molecule has 0 spiro atoms. The second kappa shape index (κ2) is 14.5. The van der Waals surface area contributed by atoms with Crippen molar-refractivity contribution in [2.75, 3.05) is 4.90 Å². The van der Waals surface area contributed by atoms with E-state index >= 15 is 0 Å². The molecule has 0 saturated carbocycles. The summed E-state index contributed by atoms with van der Waals surface area (Å²) in [7, 11) is 0. The fourth-order valence-electron chi connectivity index (χ4n) is 11.4. The molecule has 0 N–H and O–H groups in total. The van der Waals surface area contributed by atoms with Gasteiger partial charge in [0.25, 0.3) is 0 Å². The molecule has 2 aromatic rings. The Morgan fingerprint density at radius 2 is 1.59 bits per heavy atom. The van der Waals surface area contributed by atoms with Crippen molar-refractivity contribution in [2.24, 2.45) is 17.8 Å². The van der Waals surface area contributed by atoms with Gasteiger partial charge in [0.05, 0.1) is 18.2 Å². The third-order valence-electron chi connectivity index (χ3n) is 14.1. The van der Waals surface area contributed by atoms with Crippen LogP contribution in [0.3, 0.4) is 0 Å². The fraction of sp³-hybridized carbons (Fsp3) is 0.333. The Kier molecular flexibility index (Phi) is 8.92. The van der Waals surface area contributed by atoms with Crippen molar-refractivity contribution in [3.63, 3.8) is 0 Å². The molecular weight excluding hydrogens is 679 g/mol. The van der Waals surface area contributed by atoms with Crippen LogP contribution < -0.4 is 4.90 Å². The van der Waals surface area contributed by atoms with E-state index in [0.717, 1.165) is 57.8 Å². The number of anilines is 1. The van der Waals surface area contributed by atoms with E-state index in [4.69, 9.17) is 4.74 Å². The zero-order valence-corrected chi connectivity index (χ0v) is 32.6. The summed E-state index contributed by atoms with van der Waals surface area (Å²) in [6.07, 6.45) is 54.8. The Bertz CT molecular complexity index is 2390. The lowest BCUT2D eigenvalue weighted by Crippen LogP contribution is -2.36. The summed E-state index contributed by atoms with van der Waals surface area (Å²) in [6.45, 7) is 0. The van der Waals surface area contributed by atoms with Crippen molar-refractivity contribution in [3.05, 3.63) is 190 Å². The van der Waals surface area contributed by atoms with Gasteiger partial charge in [-0.15, -0.1) is 0 Å². The Hall–Kier alpha value is -4.92. The van der Waals surface area contributed by atoms with Crippen molar-refractivity contribution < 1.29 is 4.74 Å². The van der Waals surface area contributed by atoms with Crippen molar-refractivity contribution in [2.45, 2.75) is 95.3 Å². The normalized spacial score (nSPS) is 30.2. The quantitative estimate of drug-likeness (QED) is 0.293. The van der Waals surface area contributed by atoms with Crippen LogP contribution in [-0.2, 0) is 4.74 Å². The summed E-state index contributed by atoms with van der Waals surface area (Å²) in [6, 6.07) is 14.7. The molecule has 1 fully saturated rings. The first kappa shape index (κ1) is 34.3. The number of nitrogens with zero attached hydrogens (tertiary/aromatic N) is 1. The van der Waals surface area contributed by atoms with Crippen molar-refractivity contribution in [1.82, 2.24) is 0 Å². The molecule has 0 amide bonds. The molecule has 6 unspecified atom stereocenters. The molecule has 1 aliphatic heterocycles. The van der Waals surface area contributed by atoms with Crippen LogP contribution >= 0.6 is 0 Å². The molecule has 2 heteroatoms. The molecule has 280 valence electrons. The maximum Gasteiger partial charge on any atom is 0.0867 e. The fourth-order valence-corrected chi connectivity index (χ4v) is 11.4. The molecule has 1 heterocycles. The average molecular weight is 732 g/mol. The molecule has 0 aromatic heterocycles. The Morgan fingerprint density at radius 1 is 0.679 bits per heavy atom. The van der Waals surface area contributed by atoms with Gasteiger partial charge in [-0.1, -0.05) is 121 Å². The molecule has 1 saturated heterocycles. The molecule has 0 radical (unpaired) electrons. The summed E-state index contributed by atoms with van der Waals surface area (Å²) < 4.78 is 6.82. The van der Waals surface area contributed by atoms with E-state index in [1.54, 1.807) is 16.7 Å². The highest BCUT2D eigenvalue weighted by Crippen LogP contribution is 2.49. The Labute approximate surface area is 333 Å². The first-order valence-corrected chi connectivity index (χ1v) is 21.7. The largest absolute Gasteiger partial charge is 0.365 e. The molecule has 0 bridgehead atoms. The van der Waals surface area contributed by atoms with Gasteiger partial charge in [0.2, 0.25) is 0 Å². The van der Waals surface area contributed by atoms with Gasteiger partial charge in [0.15, 0.2) is 0 Å². The molecular formula is C54H53NO. The number of fused-ring (bicyclic) bond motifs is 5. The lowest BCUT2D eigenvalue weighted by Gasteiger charge is -2.39. The molecule has 2 aromatic carbocycles. The lowest BCUT2D eigenvalue weighted by molar-refractivity contribution is 0.0758. The second-order valence-corrected chi connectivity index (χ2v) is 17.3. The minimum Gasteiger partial charge on any atom is -0.365 e. The molecule has 8 aliphatic carbocycles. The topological polar surface area (TPSA) is 12.5 Å². The number of ether oxygens (including phenoxy) is 1. The SMILES string of the molecule is C1=CCCC(C2=CCCC3C2OC2C=CC(c4ccc5cc(N(C6=C7CCC=CC7=CCC6)C6C=CC(C7CC=CC8=C7C=CCC8)=CC6)ccc5c4)=CC23)=C1. The summed E-state index contributed by atoms with van der Waals surface area (Å²) >= 11 is 0.